The molecule has 0 radical (unpaired) electrons. The number of rotatable bonds is 4. The zero-order valence-corrected chi connectivity index (χ0v) is 11.8. The molecule has 0 fully saturated rings. The first-order chi connectivity index (χ1) is 8.31. The van der Waals surface area contributed by atoms with Crippen LogP contribution in [0.5, 0.6) is 0 Å². The highest BCUT2D eigenvalue weighted by molar-refractivity contribution is 14.1. The van der Waals surface area contributed by atoms with Gasteiger partial charge < -0.3 is 5.32 Å². The Morgan fingerprint density at radius 1 is 1.29 bits per heavy atom. The van der Waals surface area contributed by atoms with Gasteiger partial charge in [0, 0.05) is 6.20 Å². The molecule has 17 heavy (non-hydrogen) atoms. The second kappa shape index (κ2) is 5.95. The summed E-state index contributed by atoms with van der Waals surface area (Å²) in [5.41, 5.74) is 1.28. The minimum Gasteiger partial charge on any atom is -0.362 e. The second-order valence-corrected chi connectivity index (χ2v) is 4.90. The Hall–Kier alpha value is -1.17. The van der Waals surface area contributed by atoms with Crippen molar-refractivity contribution in [2.45, 2.75) is 19.4 Å². The van der Waals surface area contributed by atoms with Crippen molar-refractivity contribution < 1.29 is 0 Å². The molecule has 2 rings (SSSR count). The van der Waals surface area contributed by atoms with Gasteiger partial charge in [-0.1, -0.05) is 37.3 Å². The van der Waals surface area contributed by atoms with Gasteiger partial charge in [-0.3, -0.25) is 0 Å². The van der Waals surface area contributed by atoms with E-state index in [9.17, 15) is 0 Å². The van der Waals surface area contributed by atoms with Gasteiger partial charge in [0.05, 0.1) is 9.61 Å². The quantitative estimate of drug-likeness (QED) is 0.865. The third-order valence-corrected chi connectivity index (χ3v) is 3.38. The molecule has 0 aliphatic carbocycles. The van der Waals surface area contributed by atoms with Crippen molar-refractivity contribution >= 4 is 28.4 Å². The van der Waals surface area contributed by atoms with E-state index < -0.39 is 0 Å². The minimum atomic E-state index is 0.291. The normalized spacial score (nSPS) is 12.1. The van der Waals surface area contributed by atoms with E-state index in [1.54, 1.807) is 6.33 Å². The molecule has 3 nitrogen and oxygen atoms in total. The van der Waals surface area contributed by atoms with Gasteiger partial charge in [-0.25, -0.2) is 9.97 Å². The fraction of sp³-hybridized carbons (Fsp3) is 0.231. The van der Waals surface area contributed by atoms with Crippen LogP contribution in [0.25, 0.3) is 0 Å². The number of nitrogens with zero attached hydrogens (tertiary/aromatic N) is 2. The third-order valence-electron chi connectivity index (χ3n) is 2.59. The fourth-order valence-corrected chi connectivity index (χ4v) is 2.15. The topological polar surface area (TPSA) is 37.8 Å². The van der Waals surface area contributed by atoms with E-state index in [1.165, 1.54) is 5.56 Å². The van der Waals surface area contributed by atoms with Gasteiger partial charge in [-0.2, -0.15) is 0 Å². The fourth-order valence-electron chi connectivity index (χ4n) is 1.69. The van der Waals surface area contributed by atoms with Gasteiger partial charge in [0.1, 0.15) is 12.1 Å². The molecular formula is C13H14IN3. The molecule has 0 saturated heterocycles. The van der Waals surface area contributed by atoms with Crippen molar-refractivity contribution in [1.29, 1.82) is 0 Å². The Morgan fingerprint density at radius 2 is 2.06 bits per heavy atom. The first-order valence-corrected chi connectivity index (χ1v) is 6.66. The lowest BCUT2D eigenvalue weighted by atomic mass is 10.0. The Kier molecular flexibility index (Phi) is 4.30. The van der Waals surface area contributed by atoms with Crippen LogP contribution in [0, 0.1) is 3.57 Å². The largest absolute Gasteiger partial charge is 0.362 e. The molecule has 1 unspecified atom stereocenters. The summed E-state index contributed by atoms with van der Waals surface area (Å²) in [5, 5.41) is 3.45. The molecule has 0 aliphatic heterocycles. The Bertz CT molecular complexity index is 473. The number of halogens is 1. The van der Waals surface area contributed by atoms with E-state index in [-0.39, 0.29) is 0 Å². The number of aromatic nitrogens is 2. The Morgan fingerprint density at radius 3 is 2.71 bits per heavy atom. The molecule has 2 aromatic rings. The van der Waals surface area contributed by atoms with E-state index in [2.05, 4.69) is 69.1 Å². The summed E-state index contributed by atoms with van der Waals surface area (Å²) in [6, 6.07) is 10.7. The van der Waals surface area contributed by atoms with Crippen molar-refractivity contribution in [1.82, 2.24) is 9.97 Å². The summed E-state index contributed by atoms with van der Waals surface area (Å²) >= 11 is 2.24. The van der Waals surface area contributed by atoms with E-state index in [4.69, 9.17) is 0 Å². The van der Waals surface area contributed by atoms with Crippen LogP contribution in [-0.2, 0) is 0 Å². The van der Waals surface area contributed by atoms with E-state index in [0.29, 0.717) is 6.04 Å². The van der Waals surface area contributed by atoms with Crippen LogP contribution in [-0.4, -0.2) is 9.97 Å². The number of benzene rings is 1. The molecule has 1 heterocycles. The number of hydrogen-bond donors (Lipinski definition) is 1. The van der Waals surface area contributed by atoms with Gasteiger partial charge in [-0.15, -0.1) is 0 Å². The molecular weight excluding hydrogens is 325 g/mol. The maximum absolute atomic E-state index is 4.26. The molecule has 0 aliphatic rings. The van der Waals surface area contributed by atoms with E-state index >= 15 is 0 Å². The van der Waals surface area contributed by atoms with Crippen molar-refractivity contribution in [3.8, 4) is 0 Å². The maximum Gasteiger partial charge on any atom is 0.143 e. The van der Waals surface area contributed by atoms with Gasteiger partial charge in [0.15, 0.2) is 0 Å². The van der Waals surface area contributed by atoms with Crippen LogP contribution in [0.1, 0.15) is 24.9 Å². The highest BCUT2D eigenvalue weighted by Gasteiger charge is 2.10. The lowest BCUT2D eigenvalue weighted by molar-refractivity contribution is 0.743. The maximum atomic E-state index is 4.26. The highest BCUT2D eigenvalue weighted by Crippen LogP contribution is 2.23. The molecule has 1 aromatic heterocycles. The van der Waals surface area contributed by atoms with E-state index in [0.717, 1.165) is 15.8 Å². The average Bonchev–Trinajstić information content (AvgIpc) is 2.39. The standard InChI is InChI=1S/C13H14IN3/c1-2-12(10-6-4-3-5-7-10)17-13-11(14)8-15-9-16-13/h3-9,12H,2H2,1H3,(H,15,16,17). The van der Waals surface area contributed by atoms with Crippen molar-refractivity contribution in [2.24, 2.45) is 0 Å². The van der Waals surface area contributed by atoms with Crippen molar-refractivity contribution in [2.75, 3.05) is 5.32 Å². The smallest absolute Gasteiger partial charge is 0.143 e. The SMILES string of the molecule is CCC(Nc1ncncc1I)c1ccccc1. The highest BCUT2D eigenvalue weighted by atomic mass is 127. The third kappa shape index (κ3) is 3.15. The number of hydrogen-bond acceptors (Lipinski definition) is 3. The summed E-state index contributed by atoms with van der Waals surface area (Å²) in [4.78, 5) is 8.25. The van der Waals surface area contributed by atoms with Crippen LogP contribution in [0.4, 0.5) is 5.82 Å². The monoisotopic (exact) mass is 339 g/mol. The summed E-state index contributed by atoms with van der Waals surface area (Å²) in [7, 11) is 0. The van der Waals surface area contributed by atoms with Crippen molar-refractivity contribution in [3.05, 3.63) is 52.0 Å². The summed E-state index contributed by atoms with van der Waals surface area (Å²) in [6.07, 6.45) is 4.40. The average molecular weight is 339 g/mol. The van der Waals surface area contributed by atoms with Crippen molar-refractivity contribution in [3.63, 3.8) is 0 Å². The molecule has 4 heteroatoms. The van der Waals surface area contributed by atoms with Gasteiger partial charge in [-0.05, 0) is 34.6 Å². The predicted molar refractivity (Wildman–Crippen MR) is 77.8 cm³/mol. The molecule has 0 spiro atoms. The predicted octanol–water partition coefficient (Wildman–Crippen LogP) is 3.64. The zero-order valence-electron chi connectivity index (χ0n) is 9.60. The summed E-state index contributed by atoms with van der Waals surface area (Å²) in [6.45, 7) is 2.17. The first kappa shape index (κ1) is 12.3. The summed E-state index contributed by atoms with van der Waals surface area (Å²) in [5.74, 6) is 0.899. The zero-order chi connectivity index (χ0) is 12.1. The van der Waals surface area contributed by atoms with Crippen LogP contribution in [0.15, 0.2) is 42.9 Å². The van der Waals surface area contributed by atoms with Crippen LogP contribution in [0.3, 0.4) is 0 Å². The minimum absolute atomic E-state index is 0.291. The lowest BCUT2D eigenvalue weighted by Crippen LogP contribution is -2.11. The lowest BCUT2D eigenvalue weighted by Gasteiger charge is -2.18. The molecule has 0 saturated carbocycles. The molecule has 1 atom stereocenters. The second-order valence-electron chi connectivity index (χ2n) is 3.74. The van der Waals surface area contributed by atoms with E-state index in [1.807, 2.05) is 12.3 Å². The Balaban J connectivity index is 2.19. The number of anilines is 1. The molecule has 88 valence electrons. The number of nitrogens with one attached hydrogen (secondary N) is 1. The van der Waals surface area contributed by atoms with Gasteiger partial charge in [0.25, 0.3) is 0 Å². The van der Waals surface area contributed by atoms with Gasteiger partial charge in [0.2, 0.25) is 0 Å². The van der Waals surface area contributed by atoms with Gasteiger partial charge >= 0.3 is 0 Å². The molecule has 0 amide bonds. The summed E-state index contributed by atoms with van der Waals surface area (Å²) < 4.78 is 1.04. The van der Waals surface area contributed by atoms with Crippen LogP contribution in [0.2, 0.25) is 0 Å². The first-order valence-electron chi connectivity index (χ1n) is 5.58. The van der Waals surface area contributed by atoms with Crippen LogP contribution < -0.4 is 5.32 Å². The van der Waals surface area contributed by atoms with Crippen LogP contribution >= 0.6 is 22.6 Å². The molecule has 1 N–H and O–H groups in total. The molecule has 0 bridgehead atoms. The Labute approximate surface area is 115 Å². The molecule has 1 aromatic carbocycles.